The van der Waals surface area contributed by atoms with Crippen LogP contribution in [0.25, 0.3) is 0 Å². The molecule has 0 aliphatic carbocycles. The van der Waals surface area contributed by atoms with Gasteiger partial charge in [0, 0.05) is 31.8 Å². The van der Waals surface area contributed by atoms with Crippen LogP contribution in [-0.2, 0) is 9.53 Å². The fourth-order valence-electron chi connectivity index (χ4n) is 3.79. The van der Waals surface area contributed by atoms with E-state index in [2.05, 4.69) is 0 Å². The van der Waals surface area contributed by atoms with Crippen molar-refractivity contribution in [1.82, 2.24) is 9.80 Å². The first-order valence-corrected chi connectivity index (χ1v) is 9.39. The van der Waals surface area contributed by atoms with Gasteiger partial charge in [0.25, 0.3) is 5.91 Å². The molecule has 1 aromatic carbocycles. The maximum absolute atomic E-state index is 13.1. The van der Waals surface area contributed by atoms with Crippen molar-refractivity contribution in [3.63, 3.8) is 0 Å². The van der Waals surface area contributed by atoms with E-state index in [1.807, 2.05) is 4.90 Å². The highest BCUT2D eigenvalue weighted by Gasteiger charge is 2.38. The number of amides is 2. The highest BCUT2D eigenvalue weighted by molar-refractivity contribution is 6.31. The number of hydrogen-bond donors (Lipinski definition) is 0. The van der Waals surface area contributed by atoms with Crippen LogP contribution < -0.4 is 4.74 Å². The molecule has 2 aliphatic rings. The van der Waals surface area contributed by atoms with Crippen molar-refractivity contribution in [3.8, 4) is 5.75 Å². The van der Waals surface area contributed by atoms with Gasteiger partial charge in [0.2, 0.25) is 5.91 Å². The molecule has 1 atom stereocenters. The monoisotopic (exact) mass is 380 g/mol. The molecule has 2 fully saturated rings. The predicted molar refractivity (Wildman–Crippen MR) is 98.7 cm³/mol. The molecule has 0 unspecified atom stereocenters. The van der Waals surface area contributed by atoms with Gasteiger partial charge in [0.15, 0.2) is 0 Å². The number of carbonyl (C=O) groups is 2. The zero-order valence-corrected chi connectivity index (χ0v) is 16.0. The fourth-order valence-corrected chi connectivity index (χ4v) is 3.96. The minimum absolute atomic E-state index is 0.0337. The number of likely N-dealkylation sites (tertiary alicyclic amines) is 2. The number of ether oxygens (including phenoxy) is 2. The molecule has 0 radical (unpaired) electrons. The molecule has 0 bridgehead atoms. The number of piperidine rings is 1. The first-order valence-electron chi connectivity index (χ1n) is 9.01. The van der Waals surface area contributed by atoms with E-state index in [1.54, 1.807) is 30.2 Å². The average molecular weight is 381 g/mol. The van der Waals surface area contributed by atoms with Crippen LogP contribution in [0.4, 0.5) is 0 Å². The Labute approximate surface area is 159 Å². The summed E-state index contributed by atoms with van der Waals surface area (Å²) in [5.41, 5.74) is 0.401. The quantitative estimate of drug-likeness (QED) is 0.805. The molecule has 142 valence electrons. The van der Waals surface area contributed by atoms with Gasteiger partial charge in [-0.05, 0) is 43.9 Å². The number of nitrogens with zero attached hydrogens (tertiary/aromatic N) is 2. The summed E-state index contributed by atoms with van der Waals surface area (Å²) in [6.45, 7) is 1.92. The van der Waals surface area contributed by atoms with Gasteiger partial charge in [-0.3, -0.25) is 9.59 Å². The molecular weight excluding hydrogens is 356 g/mol. The summed E-state index contributed by atoms with van der Waals surface area (Å²) in [5.74, 6) is 0.303. The van der Waals surface area contributed by atoms with Gasteiger partial charge in [0.1, 0.15) is 11.8 Å². The number of benzene rings is 1. The summed E-state index contributed by atoms with van der Waals surface area (Å²) in [6, 6.07) is 4.55. The second-order valence-electron chi connectivity index (χ2n) is 6.76. The minimum Gasteiger partial charge on any atom is -0.496 e. The van der Waals surface area contributed by atoms with Gasteiger partial charge >= 0.3 is 0 Å². The maximum atomic E-state index is 13.1. The Morgan fingerprint density at radius 2 is 1.85 bits per heavy atom. The molecule has 2 amide bonds. The summed E-state index contributed by atoms with van der Waals surface area (Å²) in [4.78, 5) is 29.6. The van der Waals surface area contributed by atoms with E-state index in [-0.39, 0.29) is 17.9 Å². The summed E-state index contributed by atoms with van der Waals surface area (Å²) < 4.78 is 10.7. The van der Waals surface area contributed by atoms with Gasteiger partial charge in [-0.15, -0.1) is 0 Å². The molecule has 2 saturated heterocycles. The largest absolute Gasteiger partial charge is 0.496 e. The van der Waals surface area contributed by atoms with E-state index in [0.29, 0.717) is 42.4 Å². The zero-order valence-electron chi connectivity index (χ0n) is 15.2. The van der Waals surface area contributed by atoms with E-state index in [0.717, 1.165) is 19.3 Å². The van der Waals surface area contributed by atoms with Crippen molar-refractivity contribution in [2.75, 3.05) is 33.9 Å². The zero-order chi connectivity index (χ0) is 18.7. The number of rotatable bonds is 4. The lowest BCUT2D eigenvalue weighted by molar-refractivity contribution is -0.137. The molecule has 0 N–H and O–H groups in total. The Hall–Kier alpha value is -1.79. The SMILES string of the molecule is COc1ccc(Cl)cc1C(=O)N1CCC[C@H]1C(=O)N1CCC(OC)CC1. The lowest BCUT2D eigenvalue weighted by Crippen LogP contribution is -2.50. The third-order valence-electron chi connectivity index (χ3n) is 5.28. The van der Waals surface area contributed by atoms with Gasteiger partial charge in [-0.1, -0.05) is 11.6 Å². The maximum Gasteiger partial charge on any atom is 0.258 e. The first-order chi connectivity index (χ1) is 12.5. The number of carbonyl (C=O) groups excluding carboxylic acids is 2. The Morgan fingerprint density at radius 1 is 1.12 bits per heavy atom. The normalized spacial score (nSPS) is 21.1. The summed E-state index contributed by atoms with van der Waals surface area (Å²) >= 11 is 6.06. The van der Waals surface area contributed by atoms with E-state index in [1.165, 1.54) is 7.11 Å². The molecule has 0 saturated carbocycles. The fraction of sp³-hybridized carbons (Fsp3) is 0.579. The third kappa shape index (κ3) is 3.81. The first kappa shape index (κ1) is 19.0. The Balaban J connectivity index is 1.75. The smallest absolute Gasteiger partial charge is 0.258 e. The van der Waals surface area contributed by atoms with Gasteiger partial charge < -0.3 is 19.3 Å². The summed E-state index contributed by atoms with van der Waals surface area (Å²) in [5, 5.41) is 0.470. The number of hydrogen-bond acceptors (Lipinski definition) is 4. The van der Waals surface area contributed by atoms with Crippen molar-refractivity contribution in [3.05, 3.63) is 28.8 Å². The van der Waals surface area contributed by atoms with Crippen LogP contribution in [0.2, 0.25) is 5.02 Å². The van der Waals surface area contributed by atoms with Crippen LogP contribution in [0.15, 0.2) is 18.2 Å². The van der Waals surface area contributed by atoms with E-state index >= 15 is 0 Å². The molecule has 2 aliphatic heterocycles. The summed E-state index contributed by atoms with van der Waals surface area (Å²) in [6.07, 6.45) is 3.41. The molecule has 26 heavy (non-hydrogen) atoms. The van der Waals surface area contributed by atoms with Crippen LogP contribution in [0, 0.1) is 0 Å². The molecular formula is C19H25ClN2O4. The Kier molecular flexibility index (Phi) is 6.04. The molecule has 7 heteroatoms. The Morgan fingerprint density at radius 3 is 2.50 bits per heavy atom. The molecule has 2 heterocycles. The van der Waals surface area contributed by atoms with Crippen molar-refractivity contribution in [2.45, 2.75) is 37.8 Å². The van der Waals surface area contributed by atoms with Crippen LogP contribution in [0.1, 0.15) is 36.0 Å². The number of methoxy groups -OCH3 is 2. The second-order valence-corrected chi connectivity index (χ2v) is 7.20. The number of halogens is 1. The van der Waals surface area contributed by atoms with E-state index in [4.69, 9.17) is 21.1 Å². The Bertz CT molecular complexity index is 674. The lowest BCUT2D eigenvalue weighted by Gasteiger charge is -2.35. The molecule has 6 nitrogen and oxygen atoms in total. The molecule has 3 rings (SSSR count). The highest BCUT2D eigenvalue weighted by atomic mass is 35.5. The van der Waals surface area contributed by atoms with Crippen LogP contribution in [0.3, 0.4) is 0 Å². The van der Waals surface area contributed by atoms with Crippen molar-refractivity contribution in [1.29, 1.82) is 0 Å². The standard InChI is InChI=1S/C19H25ClN2O4/c1-25-14-7-10-21(11-8-14)19(24)16-4-3-9-22(16)18(23)15-12-13(20)5-6-17(15)26-2/h5-6,12,14,16H,3-4,7-11H2,1-2H3/t16-/m0/s1. The molecule has 1 aromatic rings. The van der Waals surface area contributed by atoms with Crippen LogP contribution in [-0.4, -0.2) is 67.6 Å². The van der Waals surface area contributed by atoms with E-state index in [9.17, 15) is 9.59 Å². The minimum atomic E-state index is -0.412. The second kappa shape index (κ2) is 8.27. The molecule has 0 aromatic heterocycles. The highest BCUT2D eigenvalue weighted by Crippen LogP contribution is 2.29. The van der Waals surface area contributed by atoms with Crippen molar-refractivity contribution < 1.29 is 19.1 Å². The van der Waals surface area contributed by atoms with Gasteiger partial charge in [-0.25, -0.2) is 0 Å². The van der Waals surface area contributed by atoms with Gasteiger partial charge in [0.05, 0.1) is 18.8 Å². The van der Waals surface area contributed by atoms with E-state index < -0.39 is 6.04 Å². The topological polar surface area (TPSA) is 59.1 Å². The lowest BCUT2D eigenvalue weighted by atomic mass is 10.1. The average Bonchev–Trinajstić information content (AvgIpc) is 3.16. The third-order valence-corrected chi connectivity index (χ3v) is 5.51. The van der Waals surface area contributed by atoms with Crippen molar-refractivity contribution >= 4 is 23.4 Å². The van der Waals surface area contributed by atoms with Gasteiger partial charge in [-0.2, -0.15) is 0 Å². The predicted octanol–water partition coefficient (Wildman–Crippen LogP) is 2.59. The van der Waals surface area contributed by atoms with Crippen LogP contribution in [0.5, 0.6) is 5.75 Å². The molecule has 0 spiro atoms. The van der Waals surface area contributed by atoms with Crippen LogP contribution >= 0.6 is 11.6 Å². The van der Waals surface area contributed by atoms with Crippen molar-refractivity contribution in [2.24, 2.45) is 0 Å². The summed E-state index contributed by atoms with van der Waals surface area (Å²) in [7, 11) is 3.23.